The van der Waals surface area contributed by atoms with Crippen molar-refractivity contribution in [1.29, 1.82) is 0 Å². The number of aromatic nitrogens is 5. The fourth-order valence-electron chi connectivity index (χ4n) is 4.66. The SMILES string of the molecule is FCc1nc2ccccc2n1-c1nc(N2CCOCC2)nc(N2CC3CCC(C2)O3)n1. The molecular formula is C21H24FN7O2. The molecule has 2 aromatic heterocycles. The van der Waals surface area contributed by atoms with Gasteiger partial charge in [-0.05, 0) is 25.0 Å². The number of alkyl halides is 1. The lowest BCUT2D eigenvalue weighted by Crippen LogP contribution is -2.44. The van der Waals surface area contributed by atoms with Crippen LogP contribution in [0, 0.1) is 0 Å². The normalized spacial score (nSPS) is 23.6. The monoisotopic (exact) mass is 425 g/mol. The van der Waals surface area contributed by atoms with E-state index in [0.717, 1.165) is 37.0 Å². The zero-order chi connectivity index (χ0) is 20.8. The van der Waals surface area contributed by atoms with Gasteiger partial charge in [-0.3, -0.25) is 4.57 Å². The second-order valence-electron chi connectivity index (χ2n) is 8.18. The Hall–Kier alpha value is -2.85. The van der Waals surface area contributed by atoms with Gasteiger partial charge in [0.15, 0.2) is 0 Å². The van der Waals surface area contributed by atoms with E-state index in [1.54, 1.807) is 4.57 Å². The molecule has 5 heterocycles. The Morgan fingerprint density at radius 1 is 0.871 bits per heavy atom. The second-order valence-corrected chi connectivity index (χ2v) is 8.18. The smallest absolute Gasteiger partial charge is 0.242 e. The number of imidazole rings is 1. The van der Waals surface area contributed by atoms with Crippen molar-refractivity contribution >= 4 is 22.9 Å². The van der Waals surface area contributed by atoms with Crippen molar-refractivity contribution in [3.8, 4) is 5.95 Å². The summed E-state index contributed by atoms with van der Waals surface area (Å²) >= 11 is 0. The second kappa shape index (κ2) is 7.69. The van der Waals surface area contributed by atoms with Gasteiger partial charge in [-0.2, -0.15) is 15.0 Å². The van der Waals surface area contributed by atoms with Crippen LogP contribution in [-0.2, 0) is 16.1 Å². The molecule has 0 amide bonds. The molecule has 10 heteroatoms. The van der Waals surface area contributed by atoms with Gasteiger partial charge in [-0.1, -0.05) is 12.1 Å². The maximum absolute atomic E-state index is 13.9. The third-order valence-electron chi connectivity index (χ3n) is 6.17. The molecule has 3 aromatic rings. The summed E-state index contributed by atoms with van der Waals surface area (Å²) in [4.78, 5) is 23.1. The van der Waals surface area contributed by atoms with Crippen molar-refractivity contribution in [1.82, 2.24) is 24.5 Å². The Bertz CT molecular complexity index is 1090. The van der Waals surface area contributed by atoms with E-state index in [9.17, 15) is 4.39 Å². The Kier molecular flexibility index (Phi) is 4.68. The van der Waals surface area contributed by atoms with Crippen LogP contribution in [0.3, 0.4) is 0 Å². The van der Waals surface area contributed by atoms with E-state index in [1.165, 1.54) is 0 Å². The number of rotatable bonds is 4. The third-order valence-corrected chi connectivity index (χ3v) is 6.17. The van der Waals surface area contributed by atoms with Gasteiger partial charge in [0.2, 0.25) is 17.8 Å². The summed E-state index contributed by atoms with van der Waals surface area (Å²) in [5, 5.41) is 0. The van der Waals surface area contributed by atoms with E-state index < -0.39 is 6.67 Å². The first kappa shape index (κ1) is 18.9. The highest BCUT2D eigenvalue weighted by Gasteiger charge is 2.35. The fourth-order valence-corrected chi connectivity index (χ4v) is 4.66. The van der Waals surface area contributed by atoms with Crippen molar-refractivity contribution in [3.05, 3.63) is 30.1 Å². The first-order chi connectivity index (χ1) is 15.3. The highest BCUT2D eigenvalue weighted by atomic mass is 19.1. The Labute approximate surface area is 178 Å². The molecule has 31 heavy (non-hydrogen) atoms. The predicted molar refractivity (Wildman–Crippen MR) is 112 cm³/mol. The highest BCUT2D eigenvalue weighted by molar-refractivity contribution is 5.77. The maximum Gasteiger partial charge on any atom is 0.242 e. The molecular weight excluding hydrogens is 401 g/mol. The summed E-state index contributed by atoms with van der Waals surface area (Å²) in [5.74, 6) is 1.87. The number of fused-ring (bicyclic) bond motifs is 3. The van der Waals surface area contributed by atoms with Crippen LogP contribution in [0.4, 0.5) is 16.3 Å². The number of hydrogen-bond acceptors (Lipinski definition) is 8. The molecule has 0 radical (unpaired) electrons. The molecule has 3 aliphatic heterocycles. The van der Waals surface area contributed by atoms with Crippen LogP contribution >= 0.6 is 0 Å². The van der Waals surface area contributed by atoms with Gasteiger partial charge in [0.25, 0.3) is 0 Å². The van der Waals surface area contributed by atoms with E-state index in [-0.39, 0.29) is 18.0 Å². The van der Waals surface area contributed by atoms with Gasteiger partial charge in [0, 0.05) is 26.2 Å². The zero-order valence-corrected chi connectivity index (χ0v) is 17.2. The van der Waals surface area contributed by atoms with Crippen molar-refractivity contribution in [2.24, 2.45) is 0 Å². The Morgan fingerprint density at radius 3 is 2.29 bits per heavy atom. The van der Waals surface area contributed by atoms with Gasteiger partial charge >= 0.3 is 0 Å². The molecule has 0 aliphatic carbocycles. The highest BCUT2D eigenvalue weighted by Crippen LogP contribution is 2.30. The lowest BCUT2D eigenvalue weighted by Gasteiger charge is -2.33. The summed E-state index contributed by atoms with van der Waals surface area (Å²) in [6.45, 7) is 3.47. The topological polar surface area (TPSA) is 81.4 Å². The van der Waals surface area contributed by atoms with E-state index in [2.05, 4.69) is 14.8 Å². The number of nitrogens with zero attached hydrogens (tertiary/aromatic N) is 7. The van der Waals surface area contributed by atoms with E-state index >= 15 is 0 Å². The van der Waals surface area contributed by atoms with Gasteiger partial charge < -0.3 is 19.3 Å². The molecule has 1 aromatic carbocycles. The fraction of sp³-hybridized carbons (Fsp3) is 0.524. The predicted octanol–water partition coefficient (Wildman–Crippen LogP) is 1.88. The maximum atomic E-state index is 13.9. The summed E-state index contributed by atoms with van der Waals surface area (Å²) in [6.07, 6.45) is 2.55. The van der Waals surface area contributed by atoms with Gasteiger partial charge in [0.05, 0.1) is 36.5 Å². The molecule has 2 bridgehead atoms. The number of ether oxygens (including phenoxy) is 2. The minimum absolute atomic E-state index is 0.210. The minimum atomic E-state index is -0.704. The van der Waals surface area contributed by atoms with Crippen LogP contribution < -0.4 is 9.80 Å². The quantitative estimate of drug-likeness (QED) is 0.627. The first-order valence-corrected chi connectivity index (χ1v) is 10.8. The molecule has 0 saturated carbocycles. The van der Waals surface area contributed by atoms with Crippen LogP contribution in [0.2, 0.25) is 0 Å². The number of morpholine rings is 2. The molecule has 3 saturated heterocycles. The summed E-state index contributed by atoms with van der Waals surface area (Å²) in [7, 11) is 0. The van der Waals surface area contributed by atoms with E-state index in [1.807, 2.05) is 24.3 Å². The third kappa shape index (κ3) is 3.39. The van der Waals surface area contributed by atoms with Crippen LogP contribution in [0.25, 0.3) is 17.0 Å². The summed E-state index contributed by atoms with van der Waals surface area (Å²) in [6, 6.07) is 7.58. The zero-order valence-electron chi connectivity index (χ0n) is 17.2. The molecule has 0 spiro atoms. The lowest BCUT2D eigenvalue weighted by molar-refractivity contribution is 0.0299. The average Bonchev–Trinajstić information content (AvgIpc) is 3.38. The largest absolute Gasteiger partial charge is 0.378 e. The van der Waals surface area contributed by atoms with Gasteiger partial charge in [-0.25, -0.2) is 9.37 Å². The number of anilines is 2. The molecule has 3 fully saturated rings. The van der Waals surface area contributed by atoms with Gasteiger partial charge in [-0.15, -0.1) is 0 Å². The van der Waals surface area contributed by atoms with Crippen molar-refractivity contribution in [3.63, 3.8) is 0 Å². The average molecular weight is 425 g/mol. The van der Waals surface area contributed by atoms with Crippen LogP contribution in [0.15, 0.2) is 24.3 Å². The number of halogens is 1. The minimum Gasteiger partial charge on any atom is -0.378 e. The van der Waals surface area contributed by atoms with Gasteiger partial charge in [0.1, 0.15) is 12.5 Å². The molecule has 2 unspecified atom stereocenters. The van der Waals surface area contributed by atoms with E-state index in [0.29, 0.717) is 44.1 Å². The first-order valence-electron chi connectivity index (χ1n) is 10.8. The van der Waals surface area contributed by atoms with Crippen LogP contribution in [-0.4, -0.2) is 76.1 Å². The van der Waals surface area contributed by atoms with Crippen molar-refractivity contribution < 1.29 is 13.9 Å². The Balaban J connectivity index is 1.48. The van der Waals surface area contributed by atoms with Crippen LogP contribution in [0.5, 0.6) is 0 Å². The molecule has 9 nitrogen and oxygen atoms in total. The summed E-state index contributed by atoms with van der Waals surface area (Å²) in [5.41, 5.74) is 1.50. The van der Waals surface area contributed by atoms with Crippen molar-refractivity contribution in [2.45, 2.75) is 31.7 Å². The van der Waals surface area contributed by atoms with Crippen molar-refractivity contribution in [2.75, 3.05) is 49.2 Å². The molecule has 6 rings (SSSR count). The molecule has 0 N–H and O–H groups in total. The number of hydrogen-bond donors (Lipinski definition) is 0. The molecule has 2 atom stereocenters. The van der Waals surface area contributed by atoms with Crippen LogP contribution in [0.1, 0.15) is 18.7 Å². The lowest BCUT2D eigenvalue weighted by atomic mass is 10.2. The Morgan fingerprint density at radius 2 is 1.55 bits per heavy atom. The number of para-hydroxylation sites is 2. The summed E-state index contributed by atoms with van der Waals surface area (Å²) < 4.78 is 27.1. The molecule has 3 aliphatic rings. The number of benzene rings is 1. The molecule has 162 valence electrons. The standard InChI is InChI=1S/C21H24FN7O2/c22-11-18-23-16-3-1-2-4-17(16)29(18)21-25-19(27-7-9-30-10-8-27)24-20(26-21)28-12-14-5-6-15(13-28)31-14/h1-4,14-15H,5-13H2. The van der Waals surface area contributed by atoms with E-state index in [4.69, 9.17) is 24.4 Å².